The van der Waals surface area contributed by atoms with E-state index in [2.05, 4.69) is 22.2 Å². The molecule has 1 saturated heterocycles. The lowest BCUT2D eigenvalue weighted by atomic mass is 9.99. The molecule has 1 aliphatic heterocycles. The molecular weight excluding hydrogens is 530 g/mol. The van der Waals surface area contributed by atoms with Crippen molar-refractivity contribution in [3.63, 3.8) is 0 Å². The third-order valence-corrected chi connectivity index (χ3v) is 6.88. The van der Waals surface area contributed by atoms with Gasteiger partial charge in [0.15, 0.2) is 0 Å². The maximum absolute atomic E-state index is 15.6. The average Bonchev–Trinajstić information content (AvgIpc) is 2.91. The Labute approximate surface area is 227 Å². The van der Waals surface area contributed by atoms with Crippen molar-refractivity contribution in [2.75, 3.05) is 37.4 Å². The van der Waals surface area contributed by atoms with Gasteiger partial charge in [0.1, 0.15) is 11.6 Å². The highest BCUT2D eigenvalue weighted by molar-refractivity contribution is 6.07. The number of nitrogens with one attached hydrogen (secondary N) is 3. The molecule has 12 heteroatoms. The summed E-state index contributed by atoms with van der Waals surface area (Å²) in [7, 11) is 3.20. The number of nitrogens with zero attached hydrogens (tertiary/aromatic N) is 2. The molecule has 40 heavy (non-hydrogen) atoms. The van der Waals surface area contributed by atoms with Crippen molar-refractivity contribution >= 4 is 23.2 Å². The number of aromatic amines is 1. The Morgan fingerprint density at radius 1 is 1.07 bits per heavy atom. The van der Waals surface area contributed by atoms with Crippen LogP contribution in [0.15, 0.2) is 59.7 Å². The smallest absolute Gasteiger partial charge is 0.264 e. The van der Waals surface area contributed by atoms with Gasteiger partial charge in [-0.2, -0.15) is 0 Å². The lowest BCUT2D eigenvalue weighted by Crippen LogP contribution is -2.48. The monoisotopic (exact) mass is 557 g/mol. The SMILES string of the molecule is C=C1CN(c2cc(F)c(-c3ccc(F)c(C(=O)NC)c3)cc2NC(=O)c2c[nH]c(=O)cc2C(F)F)C[C@H](C)N1C. The van der Waals surface area contributed by atoms with Crippen LogP contribution in [0.1, 0.15) is 39.6 Å². The van der Waals surface area contributed by atoms with Crippen molar-refractivity contribution in [3.8, 4) is 11.1 Å². The van der Waals surface area contributed by atoms with E-state index in [0.717, 1.165) is 18.0 Å². The molecule has 3 aromatic rings. The summed E-state index contributed by atoms with van der Waals surface area (Å²) in [6, 6.07) is 6.57. The fourth-order valence-electron chi connectivity index (χ4n) is 4.53. The number of carbonyl (C=O) groups excluding carboxylic acids is 2. The molecular formula is C28H27F4N5O3. The quantitative estimate of drug-likeness (QED) is 0.387. The van der Waals surface area contributed by atoms with Crippen LogP contribution in [0.2, 0.25) is 0 Å². The van der Waals surface area contributed by atoms with Gasteiger partial charge in [-0.1, -0.05) is 12.6 Å². The maximum atomic E-state index is 15.6. The zero-order chi connectivity index (χ0) is 29.3. The first-order valence-electron chi connectivity index (χ1n) is 12.2. The normalized spacial score (nSPS) is 15.4. The molecule has 8 nitrogen and oxygen atoms in total. The van der Waals surface area contributed by atoms with E-state index >= 15 is 4.39 Å². The van der Waals surface area contributed by atoms with Gasteiger partial charge >= 0.3 is 0 Å². The molecule has 1 fully saturated rings. The summed E-state index contributed by atoms with van der Waals surface area (Å²) in [6.07, 6.45) is -2.21. The van der Waals surface area contributed by atoms with Gasteiger partial charge in [-0.05, 0) is 36.8 Å². The summed E-state index contributed by atoms with van der Waals surface area (Å²) < 4.78 is 57.2. The number of hydrogen-bond acceptors (Lipinski definition) is 5. The fourth-order valence-corrected chi connectivity index (χ4v) is 4.53. The zero-order valence-corrected chi connectivity index (χ0v) is 21.9. The molecule has 2 heterocycles. The Hall–Kier alpha value is -4.61. The molecule has 2 aromatic carbocycles. The van der Waals surface area contributed by atoms with Crippen LogP contribution in [0.5, 0.6) is 0 Å². The number of hydrogen-bond donors (Lipinski definition) is 3. The van der Waals surface area contributed by atoms with Crippen LogP contribution in [0.3, 0.4) is 0 Å². The van der Waals surface area contributed by atoms with Gasteiger partial charge in [-0.15, -0.1) is 0 Å². The number of anilines is 2. The van der Waals surface area contributed by atoms with Crippen LogP contribution in [-0.4, -0.2) is 54.9 Å². The van der Waals surface area contributed by atoms with Crippen LogP contribution in [0.25, 0.3) is 11.1 Å². The number of halogens is 4. The molecule has 0 bridgehead atoms. The number of piperazine rings is 1. The Morgan fingerprint density at radius 3 is 2.45 bits per heavy atom. The molecule has 210 valence electrons. The topological polar surface area (TPSA) is 97.5 Å². The van der Waals surface area contributed by atoms with Gasteiger partial charge < -0.3 is 25.4 Å². The van der Waals surface area contributed by atoms with E-state index in [-0.39, 0.29) is 34.1 Å². The average molecular weight is 558 g/mol. The summed E-state index contributed by atoms with van der Waals surface area (Å²) in [5, 5.41) is 4.90. The van der Waals surface area contributed by atoms with Gasteiger partial charge in [0.25, 0.3) is 18.2 Å². The van der Waals surface area contributed by atoms with Crippen LogP contribution in [-0.2, 0) is 0 Å². The van der Waals surface area contributed by atoms with E-state index < -0.39 is 46.6 Å². The number of H-pyrrole nitrogens is 1. The minimum absolute atomic E-state index is 0.0237. The molecule has 0 spiro atoms. The Balaban J connectivity index is 1.85. The van der Waals surface area contributed by atoms with Crippen molar-refractivity contribution < 1.29 is 27.2 Å². The summed E-state index contributed by atoms with van der Waals surface area (Å²) in [5.41, 5.74) is -1.20. The molecule has 0 unspecified atom stereocenters. The van der Waals surface area contributed by atoms with Crippen LogP contribution >= 0.6 is 0 Å². The highest BCUT2D eigenvalue weighted by Crippen LogP contribution is 2.37. The summed E-state index contributed by atoms with van der Waals surface area (Å²) in [5.74, 6) is -3.21. The van der Waals surface area contributed by atoms with Gasteiger partial charge in [0.05, 0.1) is 29.0 Å². The van der Waals surface area contributed by atoms with Crippen molar-refractivity contribution in [1.29, 1.82) is 0 Å². The third kappa shape index (κ3) is 5.56. The predicted octanol–water partition coefficient (Wildman–Crippen LogP) is 4.52. The third-order valence-electron chi connectivity index (χ3n) is 6.88. The second-order valence-corrected chi connectivity index (χ2v) is 9.45. The number of benzene rings is 2. The predicted molar refractivity (Wildman–Crippen MR) is 144 cm³/mol. The molecule has 1 atom stereocenters. The van der Waals surface area contributed by atoms with Crippen molar-refractivity contribution in [2.24, 2.45) is 0 Å². The number of alkyl halides is 2. The highest BCUT2D eigenvalue weighted by Gasteiger charge is 2.28. The molecule has 0 aliphatic carbocycles. The summed E-state index contributed by atoms with van der Waals surface area (Å²) >= 11 is 0. The van der Waals surface area contributed by atoms with Crippen molar-refractivity contribution in [1.82, 2.24) is 15.2 Å². The van der Waals surface area contributed by atoms with Crippen molar-refractivity contribution in [3.05, 3.63) is 93.5 Å². The van der Waals surface area contributed by atoms with Gasteiger partial charge in [0.2, 0.25) is 5.56 Å². The number of likely N-dealkylation sites (N-methyl/N-ethyl adjacent to an activating group) is 1. The molecule has 1 aliphatic rings. The summed E-state index contributed by atoms with van der Waals surface area (Å²) in [4.78, 5) is 42.9. The van der Waals surface area contributed by atoms with Gasteiger partial charge in [0, 0.05) is 55.8 Å². The fraction of sp³-hybridized carbons (Fsp3) is 0.250. The Bertz CT molecular complexity index is 1560. The highest BCUT2D eigenvalue weighted by atomic mass is 19.3. The number of pyridine rings is 1. The van der Waals surface area contributed by atoms with E-state index in [1.165, 1.54) is 31.3 Å². The summed E-state index contributed by atoms with van der Waals surface area (Å²) in [6.45, 7) is 6.70. The molecule has 3 N–H and O–H groups in total. The standard InChI is InChI=1S/C28H27F4N5O3/c1-14-12-37(13-15(2)36(14)4)24-10-22(30)17(16-5-6-21(29)19(7-16)27(39)33-3)8-23(24)35-28(40)20-11-34-25(38)9-18(20)26(31)32/h5-11,15,26H,1,12-13H2,2-4H3,(H,33,39)(H,34,38)(H,35,40)/t15-/m0/s1. The molecule has 1 aromatic heterocycles. The van der Waals surface area contributed by atoms with E-state index in [1.54, 1.807) is 4.90 Å². The van der Waals surface area contributed by atoms with Gasteiger partial charge in [-0.25, -0.2) is 17.6 Å². The zero-order valence-electron chi connectivity index (χ0n) is 21.9. The first-order chi connectivity index (χ1) is 18.9. The minimum atomic E-state index is -3.10. The first kappa shape index (κ1) is 28.4. The van der Waals surface area contributed by atoms with Crippen LogP contribution in [0.4, 0.5) is 28.9 Å². The lowest BCUT2D eigenvalue weighted by molar-refractivity contribution is 0.0958. The molecule has 0 saturated carbocycles. The second-order valence-electron chi connectivity index (χ2n) is 9.45. The lowest BCUT2D eigenvalue weighted by Gasteiger charge is -2.42. The number of rotatable bonds is 6. The first-order valence-corrected chi connectivity index (χ1v) is 12.2. The Kier molecular flexibility index (Phi) is 7.98. The van der Waals surface area contributed by atoms with E-state index in [1.807, 2.05) is 18.9 Å². The molecule has 2 amide bonds. The number of amides is 2. The number of aromatic nitrogens is 1. The molecule has 4 rings (SSSR count). The van der Waals surface area contributed by atoms with Crippen LogP contribution in [0, 0.1) is 11.6 Å². The van der Waals surface area contributed by atoms with E-state index in [4.69, 9.17) is 0 Å². The maximum Gasteiger partial charge on any atom is 0.264 e. The largest absolute Gasteiger partial charge is 0.372 e. The minimum Gasteiger partial charge on any atom is -0.372 e. The van der Waals surface area contributed by atoms with Gasteiger partial charge in [-0.3, -0.25) is 14.4 Å². The number of carbonyl (C=O) groups is 2. The second kappa shape index (κ2) is 11.2. The van der Waals surface area contributed by atoms with E-state index in [9.17, 15) is 27.6 Å². The van der Waals surface area contributed by atoms with Crippen LogP contribution < -0.4 is 21.1 Å². The van der Waals surface area contributed by atoms with Crippen molar-refractivity contribution in [2.45, 2.75) is 19.4 Å². The van der Waals surface area contributed by atoms with E-state index in [0.29, 0.717) is 19.2 Å². The Morgan fingerprint density at radius 2 is 1.80 bits per heavy atom. The molecule has 0 radical (unpaired) electrons.